The summed E-state index contributed by atoms with van der Waals surface area (Å²) in [7, 11) is 0. The molecular weight excluding hydrogens is 214 g/mol. The van der Waals surface area contributed by atoms with Crippen molar-refractivity contribution in [3.05, 3.63) is 35.4 Å². The van der Waals surface area contributed by atoms with Crippen molar-refractivity contribution in [3.63, 3.8) is 0 Å². The molecule has 0 heterocycles. The maximum absolute atomic E-state index is 11.3. The minimum atomic E-state index is -0.881. The molecule has 88 valence electrons. The molecule has 0 aliphatic heterocycles. The Hall–Kier alpha value is -1.79. The van der Waals surface area contributed by atoms with Gasteiger partial charge in [0.15, 0.2) is 0 Å². The number of carboxylic acids is 1. The lowest BCUT2D eigenvalue weighted by Crippen LogP contribution is -2.29. The zero-order chi connectivity index (χ0) is 12.3. The predicted molar refractivity (Wildman–Crippen MR) is 65.6 cm³/mol. The standard InChI is InChI=1S/C14H15NO2/c1-2-9-15-13(14(16)17)12-6-4-3-5-11(12)10-7-8-10/h1,3-6,10,13,15H,7-9H2,(H,16,17). The molecule has 0 bridgehead atoms. The van der Waals surface area contributed by atoms with E-state index in [9.17, 15) is 9.90 Å². The lowest BCUT2D eigenvalue weighted by atomic mass is 9.97. The van der Waals surface area contributed by atoms with Crippen LogP contribution in [0.5, 0.6) is 0 Å². The first-order valence-electron chi connectivity index (χ1n) is 5.72. The summed E-state index contributed by atoms with van der Waals surface area (Å²) in [5, 5.41) is 12.1. The average Bonchev–Trinajstić information content (AvgIpc) is 3.14. The second-order valence-electron chi connectivity index (χ2n) is 4.26. The van der Waals surface area contributed by atoms with E-state index in [1.165, 1.54) is 0 Å². The average molecular weight is 229 g/mol. The lowest BCUT2D eigenvalue weighted by Gasteiger charge is -2.17. The van der Waals surface area contributed by atoms with Crippen LogP contribution in [0.4, 0.5) is 0 Å². The van der Waals surface area contributed by atoms with Crippen LogP contribution in [0.15, 0.2) is 24.3 Å². The molecule has 2 rings (SSSR count). The van der Waals surface area contributed by atoms with E-state index >= 15 is 0 Å². The topological polar surface area (TPSA) is 49.3 Å². The molecule has 1 saturated carbocycles. The van der Waals surface area contributed by atoms with Crippen LogP contribution in [-0.4, -0.2) is 17.6 Å². The Kier molecular flexibility index (Phi) is 3.46. The van der Waals surface area contributed by atoms with Gasteiger partial charge in [0.25, 0.3) is 0 Å². The molecule has 3 nitrogen and oxygen atoms in total. The molecule has 1 unspecified atom stereocenters. The number of rotatable bonds is 5. The van der Waals surface area contributed by atoms with Crippen molar-refractivity contribution in [2.24, 2.45) is 0 Å². The summed E-state index contributed by atoms with van der Waals surface area (Å²) in [5.74, 6) is 2.06. The normalized spacial score (nSPS) is 16.2. The highest BCUT2D eigenvalue weighted by molar-refractivity contribution is 5.76. The molecule has 0 saturated heterocycles. The monoisotopic (exact) mass is 229 g/mol. The van der Waals surface area contributed by atoms with E-state index < -0.39 is 12.0 Å². The first kappa shape index (κ1) is 11.7. The maximum atomic E-state index is 11.3. The molecule has 17 heavy (non-hydrogen) atoms. The second-order valence-corrected chi connectivity index (χ2v) is 4.26. The number of benzene rings is 1. The SMILES string of the molecule is C#CCNC(C(=O)O)c1ccccc1C1CC1. The molecule has 1 aliphatic rings. The highest BCUT2D eigenvalue weighted by Crippen LogP contribution is 2.42. The van der Waals surface area contributed by atoms with Crippen molar-refractivity contribution in [1.29, 1.82) is 0 Å². The molecule has 2 N–H and O–H groups in total. The molecule has 1 aliphatic carbocycles. The molecule has 1 aromatic rings. The largest absolute Gasteiger partial charge is 0.480 e. The number of hydrogen-bond donors (Lipinski definition) is 2. The summed E-state index contributed by atoms with van der Waals surface area (Å²) in [6.07, 6.45) is 7.46. The van der Waals surface area contributed by atoms with Gasteiger partial charge in [-0.3, -0.25) is 10.1 Å². The first-order valence-corrected chi connectivity index (χ1v) is 5.72. The zero-order valence-corrected chi connectivity index (χ0v) is 9.52. The Bertz CT molecular complexity index is 458. The summed E-state index contributed by atoms with van der Waals surface area (Å²) >= 11 is 0. The van der Waals surface area contributed by atoms with E-state index in [2.05, 4.69) is 11.2 Å². The van der Waals surface area contributed by atoms with Crippen molar-refractivity contribution in [2.45, 2.75) is 24.8 Å². The first-order chi connectivity index (χ1) is 8.24. The Morgan fingerprint density at radius 3 is 2.82 bits per heavy atom. The summed E-state index contributed by atoms with van der Waals surface area (Å²) in [5.41, 5.74) is 1.99. The van der Waals surface area contributed by atoms with Gasteiger partial charge in [-0.2, -0.15) is 0 Å². The molecule has 1 fully saturated rings. The number of hydrogen-bond acceptors (Lipinski definition) is 2. The summed E-state index contributed by atoms with van der Waals surface area (Å²) < 4.78 is 0. The zero-order valence-electron chi connectivity index (χ0n) is 9.52. The van der Waals surface area contributed by atoms with Gasteiger partial charge in [0.2, 0.25) is 0 Å². The van der Waals surface area contributed by atoms with Gasteiger partial charge >= 0.3 is 5.97 Å². The van der Waals surface area contributed by atoms with Gasteiger partial charge in [0.05, 0.1) is 6.54 Å². The van der Waals surface area contributed by atoms with Crippen LogP contribution in [0, 0.1) is 12.3 Å². The molecule has 1 atom stereocenters. The van der Waals surface area contributed by atoms with Gasteiger partial charge in [-0.1, -0.05) is 30.2 Å². The van der Waals surface area contributed by atoms with Crippen molar-refractivity contribution >= 4 is 5.97 Å². The van der Waals surface area contributed by atoms with Gasteiger partial charge in [-0.15, -0.1) is 6.42 Å². The van der Waals surface area contributed by atoms with Crippen molar-refractivity contribution in [1.82, 2.24) is 5.32 Å². The quantitative estimate of drug-likeness (QED) is 0.758. The third kappa shape index (κ3) is 2.66. The van der Waals surface area contributed by atoms with Crippen LogP contribution in [-0.2, 0) is 4.79 Å². The molecular formula is C14H15NO2. The van der Waals surface area contributed by atoms with Gasteiger partial charge in [-0.05, 0) is 29.9 Å². The van der Waals surface area contributed by atoms with E-state index in [4.69, 9.17) is 6.42 Å². The van der Waals surface area contributed by atoms with Crippen molar-refractivity contribution in [2.75, 3.05) is 6.54 Å². The number of nitrogens with one attached hydrogen (secondary N) is 1. The van der Waals surface area contributed by atoms with Crippen LogP contribution in [0.3, 0.4) is 0 Å². The number of terminal acetylenes is 1. The number of carboxylic acid groups (broad SMARTS) is 1. The van der Waals surface area contributed by atoms with Crippen LogP contribution in [0.1, 0.15) is 35.9 Å². The Morgan fingerprint density at radius 2 is 2.24 bits per heavy atom. The van der Waals surface area contributed by atoms with Crippen LogP contribution in [0.25, 0.3) is 0 Å². The van der Waals surface area contributed by atoms with E-state index in [-0.39, 0.29) is 6.54 Å². The molecule has 0 aromatic heterocycles. The highest BCUT2D eigenvalue weighted by Gasteiger charge is 2.30. The Labute approximate surface area is 101 Å². The minimum absolute atomic E-state index is 0.260. The molecule has 3 heteroatoms. The Balaban J connectivity index is 2.28. The van der Waals surface area contributed by atoms with Gasteiger partial charge in [0, 0.05) is 0 Å². The Morgan fingerprint density at radius 1 is 1.53 bits per heavy atom. The smallest absolute Gasteiger partial charge is 0.325 e. The number of aliphatic carboxylic acids is 1. The van der Waals surface area contributed by atoms with Gasteiger partial charge < -0.3 is 5.11 Å². The highest BCUT2D eigenvalue weighted by atomic mass is 16.4. The fraction of sp³-hybridized carbons (Fsp3) is 0.357. The van der Waals surface area contributed by atoms with E-state index in [0.29, 0.717) is 5.92 Å². The van der Waals surface area contributed by atoms with Crippen LogP contribution in [0.2, 0.25) is 0 Å². The summed E-state index contributed by atoms with van der Waals surface area (Å²) in [6.45, 7) is 0.260. The van der Waals surface area contributed by atoms with Crippen molar-refractivity contribution < 1.29 is 9.90 Å². The van der Waals surface area contributed by atoms with Crippen LogP contribution < -0.4 is 5.32 Å². The third-order valence-electron chi connectivity index (χ3n) is 2.98. The van der Waals surface area contributed by atoms with Crippen molar-refractivity contribution in [3.8, 4) is 12.3 Å². The third-order valence-corrected chi connectivity index (χ3v) is 2.98. The van der Waals surface area contributed by atoms with Gasteiger partial charge in [0.1, 0.15) is 6.04 Å². The van der Waals surface area contributed by atoms with E-state index in [1.54, 1.807) is 0 Å². The van der Waals surface area contributed by atoms with Gasteiger partial charge in [-0.25, -0.2) is 0 Å². The molecule has 0 spiro atoms. The van der Waals surface area contributed by atoms with E-state index in [1.807, 2.05) is 24.3 Å². The summed E-state index contributed by atoms with van der Waals surface area (Å²) in [4.78, 5) is 11.3. The molecule has 0 amide bonds. The fourth-order valence-corrected chi connectivity index (χ4v) is 2.03. The minimum Gasteiger partial charge on any atom is -0.480 e. The summed E-state index contributed by atoms with van der Waals surface area (Å²) in [6, 6.07) is 7.01. The molecule has 0 radical (unpaired) electrons. The molecule has 1 aromatic carbocycles. The second kappa shape index (κ2) is 5.03. The van der Waals surface area contributed by atoms with Crippen LogP contribution >= 0.6 is 0 Å². The predicted octanol–water partition coefficient (Wildman–Crippen LogP) is 1.91. The maximum Gasteiger partial charge on any atom is 0.325 e. The lowest BCUT2D eigenvalue weighted by molar-refractivity contribution is -0.139. The van der Waals surface area contributed by atoms with E-state index in [0.717, 1.165) is 24.0 Å². The number of carbonyl (C=O) groups is 1. The fourth-order valence-electron chi connectivity index (χ4n) is 2.03.